The number of carbonyl (C=O) groups is 1. The Bertz CT molecular complexity index is 740. The van der Waals surface area contributed by atoms with Crippen LogP contribution in [0.1, 0.15) is 63.2 Å². The van der Waals surface area contributed by atoms with Crippen LogP contribution >= 0.6 is 0 Å². The third-order valence-corrected chi connectivity index (χ3v) is 5.87. The van der Waals surface area contributed by atoms with Crippen molar-refractivity contribution in [3.8, 4) is 0 Å². The van der Waals surface area contributed by atoms with E-state index in [-0.39, 0.29) is 29.7 Å². The molecular formula is C19H28N4O3. The van der Waals surface area contributed by atoms with Crippen LogP contribution in [0.25, 0.3) is 0 Å². The number of aromatic amines is 1. The number of nitrogens with zero attached hydrogens (tertiary/aromatic N) is 3. The zero-order chi connectivity index (χ0) is 18.3. The lowest BCUT2D eigenvalue weighted by molar-refractivity contribution is -0.144. The van der Waals surface area contributed by atoms with Gasteiger partial charge in [-0.25, -0.2) is 9.48 Å². The average Bonchev–Trinajstić information content (AvgIpc) is 3.43. The van der Waals surface area contributed by atoms with Crippen molar-refractivity contribution in [3.05, 3.63) is 28.5 Å². The Kier molecular flexibility index (Phi) is 4.73. The van der Waals surface area contributed by atoms with Gasteiger partial charge in [-0.1, -0.05) is 12.2 Å². The lowest BCUT2D eigenvalue weighted by Crippen LogP contribution is -2.47. The molecule has 7 heteroatoms. The van der Waals surface area contributed by atoms with Gasteiger partial charge < -0.3 is 9.64 Å². The first-order chi connectivity index (χ1) is 12.5. The van der Waals surface area contributed by atoms with E-state index in [1.54, 1.807) is 4.68 Å². The number of carbonyl (C=O) groups excluding carboxylic acids is 1. The van der Waals surface area contributed by atoms with Gasteiger partial charge in [0.2, 0.25) is 5.91 Å². The number of aromatic nitrogens is 3. The van der Waals surface area contributed by atoms with Crippen LogP contribution in [0.15, 0.2) is 16.9 Å². The predicted molar refractivity (Wildman–Crippen MR) is 97.0 cm³/mol. The van der Waals surface area contributed by atoms with Crippen molar-refractivity contribution >= 4 is 5.91 Å². The van der Waals surface area contributed by atoms with Crippen molar-refractivity contribution in [1.82, 2.24) is 19.7 Å². The summed E-state index contributed by atoms with van der Waals surface area (Å²) in [4.78, 5) is 30.0. The maximum absolute atomic E-state index is 13.0. The van der Waals surface area contributed by atoms with E-state index in [2.05, 4.69) is 16.7 Å². The van der Waals surface area contributed by atoms with Crippen molar-refractivity contribution < 1.29 is 9.53 Å². The molecule has 0 spiro atoms. The summed E-state index contributed by atoms with van der Waals surface area (Å²) in [5.74, 6) is 1.32. The molecule has 1 N–H and O–H groups in total. The molecule has 2 saturated heterocycles. The van der Waals surface area contributed by atoms with Gasteiger partial charge in [0.25, 0.3) is 0 Å². The number of likely N-dealkylation sites (tertiary alicyclic amines) is 1. The number of nitrogens with one attached hydrogen (secondary N) is 1. The van der Waals surface area contributed by atoms with Crippen molar-refractivity contribution in [2.45, 2.75) is 63.5 Å². The topological polar surface area (TPSA) is 80.2 Å². The summed E-state index contributed by atoms with van der Waals surface area (Å²) >= 11 is 0. The molecule has 2 atom stereocenters. The number of rotatable bonds is 4. The third kappa shape index (κ3) is 3.37. The van der Waals surface area contributed by atoms with Gasteiger partial charge >= 0.3 is 5.69 Å². The number of hydrogen-bond donors (Lipinski definition) is 1. The van der Waals surface area contributed by atoms with E-state index < -0.39 is 0 Å². The molecule has 0 aromatic carbocycles. The van der Waals surface area contributed by atoms with Crippen LogP contribution in [0.5, 0.6) is 0 Å². The molecule has 4 rings (SSSR count). The Hall–Kier alpha value is -1.89. The molecule has 0 radical (unpaired) electrons. The molecule has 1 aromatic heterocycles. The highest BCUT2D eigenvalue weighted by molar-refractivity contribution is 5.80. The van der Waals surface area contributed by atoms with E-state index in [1.165, 1.54) is 0 Å². The SMILES string of the molecule is C=C(C)[C@@H]1OCCC[C@H]1C(=O)N1CCC(n2nc(C3CC3)[nH]c2=O)CC1. The molecule has 1 saturated carbocycles. The fraction of sp³-hybridized carbons (Fsp3) is 0.737. The van der Waals surface area contributed by atoms with Crippen LogP contribution in [-0.2, 0) is 9.53 Å². The lowest BCUT2D eigenvalue weighted by Gasteiger charge is -2.38. The molecule has 2 aliphatic heterocycles. The maximum Gasteiger partial charge on any atom is 0.343 e. The quantitative estimate of drug-likeness (QED) is 0.833. The van der Waals surface area contributed by atoms with Gasteiger partial charge in [-0.2, -0.15) is 5.10 Å². The first-order valence-corrected chi connectivity index (χ1v) is 9.79. The van der Waals surface area contributed by atoms with Crippen molar-refractivity contribution in [2.75, 3.05) is 19.7 Å². The largest absolute Gasteiger partial charge is 0.373 e. The van der Waals surface area contributed by atoms with E-state index in [4.69, 9.17) is 4.74 Å². The number of hydrogen-bond acceptors (Lipinski definition) is 4. The van der Waals surface area contributed by atoms with Gasteiger partial charge in [-0.3, -0.25) is 9.78 Å². The van der Waals surface area contributed by atoms with Crippen LogP contribution in [0, 0.1) is 5.92 Å². The van der Waals surface area contributed by atoms with Crippen LogP contribution < -0.4 is 5.69 Å². The van der Waals surface area contributed by atoms with E-state index in [9.17, 15) is 9.59 Å². The summed E-state index contributed by atoms with van der Waals surface area (Å²) < 4.78 is 7.40. The molecule has 1 aliphatic carbocycles. The summed E-state index contributed by atoms with van der Waals surface area (Å²) in [6.07, 6.45) is 5.39. The van der Waals surface area contributed by atoms with E-state index in [0.717, 1.165) is 49.9 Å². The molecule has 1 amide bonds. The van der Waals surface area contributed by atoms with Gasteiger partial charge in [0.15, 0.2) is 0 Å². The Balaban J connectivity index is 1.39. The predicted octanol–water partition coefficient (Wildman–Crippen LogP) is 1.98. The number of ether oxygens (including phenoxy) is 1. The van der Waals surface area contributed by atoms with Crippen LogP contribution in [0.3, 0.4) is 0 Å². The highest BCUT2D eigenvalue weighted by atomic mass is 16.5. The van der Waals surface area contributed by atoms with E-state index in [0.29, 0.717) is 25.6 Å². The minimum Gasteiger partial charge on any atom is -0.373 e. The monoisotopic (exact) mass is 360 g/mol. The molecule has 3 fully saturated rings. The van der Waals surface area contributed by atoms with Crippen LogP contribution in [-0.4, -0.2) is 51.4 Å². The first-order valence-electron chi connectivity index (χ1n) is 9.79. The lowest BCUT2D eigenvalue weighted by atomic mass is 9.88. The summed E-state index contributed by atoms with van der Waals surface area (Å²) in [6.45, 7) is 7.97. The standard InChI is InChI=1S/C19H28N4O3/c1-12(2)16-15(4-3-11-26-16)18(24)22-9-7-14(8-10-22)23-19(25)20-17(21-23)13-5-6-13/h13-16H,1,3-11H2,2H3,(H,20,21,25)/t15-,16+/m1/s1. The Morgan fingerprint density at radius 1 is 1.23 bits per heavy atom. The number of H-pyrrole nitrogens is 1. The second kappa shape index (κ2) is 7.02. The zero-order valence-electron chi connectivity index (χ0n) is 15.4. The Morgan fingerprint density at radius 2 is 1.96 bits per heavy atom. The third-order valence-electron chi connectivity index (χ3n) is 5.87. The molecule has 3 heterocycles. The van der Waals surface area contributed by atoms with Gasteiger partial charge in [0, 0.05) is 25.6 Å². The normalized spacial score (nSPS) is 27.5. The first kappa shape index (κ1) is 17.5. The summed E-state index contributed by atoms with van der Waals surface area (Å²) in [6, 6.07) is 0.0786. The minimum atomic E-state index is -0.163. The van der Waals surface area contributed by atoms with Gasteiger partial charge in [0.05, 0.1) is 18.1 Å². The molecule has 26 heavy (non-hydrogen) atoms. The molecular weight excluding hydrogens is 332 g/mol. The van der Waals surface area contributed by atoms with E-state index in [1.807, 2.05) is 11.8 Å². The van der Waals surface area contributed by atoms with Crippen molar-refractivity contribution in [3.63, 3.8) is 0 Å². The average molecular weight is 360 g/mol. The highest BCUT2D eigenvalue weighted by Crippen LogP contribution is 2.37. The molecule has 3 aliphatic rings. The fourth-order valence-electron chi connectivity index (χ4n) is 4.23. The second-order valence-electron chi connectivity index (χ2n) is 7.98. The fourth-order valence-corrected chi connectivity index (χ4v) is 4.23. The smallest absolute Gasteiger partial charge is 0.343 e. The summed E-state index contributed by atoms with van der Waals surface area (Å²) in [5.41, 5.74) is 0.813. The minimum absolute atomic E-state index is 0.0786. The van der Waals surface area contributed by atoms with Crippen molar-refractivity contribution in [2.24, 2.45) is 5.92 Å². The Morgan fingerprint density at radius 3 is 2.62 bits per heavy atom. The molecule has 0 bridgehead atoms. The molecule has 142 valence electrons. The Labute approximate surface area is 153 Å². The van der Waals surface area contributed by atoms with Crippen LogP contribution in [0.4, 0.5) is 0 Å². The number of piperidine rings is 1. The summed E-state index contributed by atoms with van der Waals surface area (Å²) in [5, 5.41) is 4.50. The highest BCUT2D eigenvalue weighted by Gasteiger charge is 2.37. The van der Waals surface area contributed by atoms with E-state index >= 15 is 0 Å². The van der Waals surface area contributed by atoms with Crippen LogP contribution in [0.2, 0.25) is 0 Å². The summed E-state index contributed by atoms with van der Waals surface area (Å²) in [7, 11) is 0. The zero-order valence-corrected chi connectivity index (χ0v) is 15.4. The van der Waals surface area contributed by atoms with Crippen molar-refractivity contribution in [1.29, 1.82) is 0 Å². The number of amides is 1. The molecule has 7 nitrogen and oxygen atoms in total. The molecule has 1 aromatic rings. The molecule has 0 unspecified atom stereocenters. The van der Waals surface area contributed by atoms with Gasteiger partial charge in [-0.05, 0) is 45.4 Å². The maximum atomic E-state index is 13.0. The van der Waals surface area contributed by atoms with Gasteiger partial charge in [-0.15, -0.1) is 0 Å². The second-order valence-corrected chi connectivity index (χ2v) is 7.98. The van der Waals surface area contributed by atoms with Gasteiger partial charge in [0.1, 0.15) is 5.82 Å².